The summed E-state index contributed by atoms with van der Waals surface area (Å²) in [4.78, 5) is 49.9. The third kappa shape index (κ3) is 6.99. The highest BCUT2D eigenvalue weighted by Gasteiger charge is 2.48. The van der Waals surface area contributed by atoms with E-state index in [1.165, 1.54) is 12.1 Å². The van der Waals surface area contributed by atoms with Crippen LogP contribution >= 0.6 is 0 Å². The largest absolute Gasteiger partial charge is 0.459 e. The number of carbonyl (C=O) groups is 3. The van der Waals surface area contributed by atoms with E-state index in [1.54, 1.807) is 45.1 Å². The van der Waals surface area contributed by atoms with Crippen LogP contribution in [0.15, 0.2) is 60.7 Å². The molecule has 9 heteroatoms. The second kappa shape index (κ2) is 10.9. The fourth-order valence-corrected chi connectivity index (χ4v) is 3.65. The second-order valence-electron chi connectivity index (χ2n) is 9.22. The van der Waals surface area contributed by atoms with Crippen LogP contribution in [0.25, 0.3) is 6.08 Å². The summed E-state index contributed by atoms with van der Waals surface area (Å²) in [5, 5.41) is 10.8. The van der Waals surface area contributed by atoms with Crippen LogP contribution in [0.1, 0.15) is 44.7 Å². The van der Waals surface area contributed by atoms with E-state index in [-0.39, 0.29) is 25.1 Å². The quantitative estimate of drug-likeness (QED) is 0.315. The third-order valence-corrected chi connectivity index (χ3v) is 5.33. The average Bonchev–Trinajstić information content (AvgIpc) is 3.14. The van der Waals surface area contributed by atoms with Gasteiger partial charge in [0.25, 0.3) is 5.69 Å². The van der Waals surface area contributed by atoms with Crippen LogP contribution in [-0.2, 0) is 25.7 Å². The Morgan fingerprint density at radius 3 is 2.37 bits per heavy atom. The summed E-state index contributed by atoms with van der Waals surface area (Å²) in [5.74, 6) is -1.80. The first-order valence-electron chi connectivity index (χ1n) is 11.2. The Kier molecular flexibility index (Phi) is 8.01. The summed E-state index contributed by atoms with van der Waals surface area (Å²) in [6.07, 6.45) is 2.98. The van der Waals surface area contributed by atoms with Crippen LogP contribution in [0.2, 0.25) is 0 Å². The number of carbonyl (C=O) groups excluding carboxylic acids is 3. The summed E-state index contributed by atoms with van der Waals surface area (Å²) in [6.45, 7) is 5.06. The molecule has 2 amide bonds. The van der Waals surface area contributed by atoms with Crippen LogP contribution in [-0.4, -0.2) is 39.4 Å². The van der Waals surface area contributed by atoms with Crippen molar-refractivity contribution in [2.45, 2.75) is 51.9 Å². The Bertz CT molecular complexity index is 1100. The van der Waals surface area contributed by atoms with Crippen molar-refractivity contribution in [3.05, 3.63) is 81.9 Å². The van der Waals surface area contributed by atoms with Gasteiger partial charge in [-0.1, -0.05) is 42.5 Å². The minimum absolute atomic E-state index is 0.0158. The number of imide groups is 1. The van der Waals surface area contributed by atoms with E-state index in [0.717, 1.165) is 16.0 Å². The maximum absolute atomic E-state index is 13.1. The molecule has 3 rings (SSSR count). The molecule has 35 heavy (non-hydrogen) atoms. The molecule has 1 fully saturated rings. The van der Waals surface area contributed by atoms with Gasteiger partial charge < -0.3 is 9.47 Å². The molecule has 2 aromatic carbocycles. The van der Waals surface area contributed by atoms with Crippen molar-refractivity contribution in [2.75, 3.05) is 0 Å². The van der Waals surface area contributed by atoms with Gasteiger partial charge in [-0.05, 0) is 56.9 Å². The van der Waals surface area contributed by atoms with Crippen molar-refractivity contribution in [1.82, 2.24) is 4.90 Å². The summed E-state index contributed by atoms with van der Waals surface area (Å²) in [6, 6.07) is 14.0. The smallest absolute Gasteiger partial charge is 0.417 e. The number of non-ortho nitro benzene ring substituents is 1. The minimum Gasteiger partial charge on any atom is -0.459 e. The zero-order valence-electron chi connectivity index (χ0n) is 19.9. The van der Waals surface area contributed by atoms with Gasteiger partial charge in [0.1, 0.15) is 18.2 Å². The molecule has 2 atom stereocenters. The molecule has 0 N–H and O–H groups in total. The Balaban J connectivity index is 1.71. The van der Waals surface area contributed by atoms with Crippen molar-refractivity contribution < 1.29 is 28.8 Å². The van der Waals surface area contributed by atoms with Crippen LogP contribution in [0, 0.1) is 16.0 Å². The molecule has 1 aliphatic rings. The van der Waals surface area contributed by atoms with Gasteiger partial charge in [-0.3, -0.25) is 14.9 Å². The highest BCUT2D eigenvalue weighted by molar-refractivity contribution is 6.00. The summed E-state index contributed by atoms with van der Waals surface area (Å²) in [7, 11) is 0. The number of amides is 2. The topological polar surface area (TPSA) is 116 Å². The Hall–Kier alpha value is -4.01. The zero-order valence-corrected chi connectivity index (χ0v) is 19.9. The fourth-order valence-electron chi connectivity index (χ4n) is 3.65. The summed E-state index contributed by atoms with van der Waals surface area (Å²) in [5.41, 5.74) is 0.655. The van der Waals surface area contributed by atoms with Gasteiger partial charge in [0.05, 0.1) is 4.92 Å². The summed E-state index contributed by atoms with van der Waals surface area (Å²) < 4.78 is 10.8. The molecule has 0 unspecified atom stereocenters. The number of nitro benzene ring substituents is 1. The fraction of sp³-hybridized carbons (Fsp3) is 0.346. The van der Waals surface area contributed by atoms with Gasteiger partial charge in [0.15, 0.2) is 0 Å². The van der Waals surface area contributed by atoms with Crippen LogP contribution in [0.4, 0.5) is 10.5 Å². The maximum Gasteiger partial charge on any atom is 0.417 e. The Labute approximate surface area is 203 Å². The van der Waals surface area contributed by atoms with Crippen molar-refractivity contribution in [1.29, 1.82) is 0 Å². The normalized spacial score (nSPS) is 18.0. The second-order valence-corrected chi connectivity index (χ2v) is 9.22. The SMILES string of the molecule is CC(C)(C)OC(=O)N1C(=O)[C@H](C/C=C/c2ccc([N+](=O)[O-])cc2)C[C@H]1C(=O)OCc1ccccc1. The van der Waals surface area contributed by atoms with Crippen LogP contribution in [0.3, 0.4) is 0 Å². The van der Waals surface area contributed by atoms with Crippen molar-refractivity contribution in [2.24, 2.45) is 5.92 Å². The predicted octanol–water partition coefficient (Wildman–Crippen LogP) is 4.89. The zero-order chi connectivity index (χ0) is 25.6. The van der Waals surface area contributed by atoms with E-state index in [2.05, 4.69) is 0 Å². The number of benzene rings is 2. The first kappa shape index (κ1) is 25.6. The van der Waals surface area contributed by atoms with Crippen LogP contribution < -0.4 is 0 Å². The molecule has 184 valence electrons. The molecular formula is C26H28N2O7. The Morgan fingerprint density at radius 1 is 1.11 bits per heavy atom. The first-order chi connectivity index (χ1) is 16.5. The van der Waals surface area contributed by atoms with Gasteiger partial charge in [0, 0.05) is 18.1 Å². The molecule has 0 aromatic heterocycles. The van der Waals surface area contributed by atoms with Gasteiger partial charge in [-0.25, -0.2) is 14.5 Å². The molecule has 0 radical (unpaired) electrons. The van der Waals surface area contributed by atoms with E-state index < -0.39 is 40.5 Å². The lowest BCUT2D eigenvalue weighted by Crippen LogP contribution is -2.46. The predicted molar refractivity (Wildman–Crippen MR) is 128 cm³/mol. The minimum atomic E-state index is -1.08. The molecule has 1 saturated heterocycles. The molecule has 0 bridgehead atoms. The molecule has 1 heterocycles. The molecular weight excluding hydrogens is 452 g/mol. The highest BCUT2D eigenvalue weighted by atomic mass is 16.6. The molecule has 9 nitrogen and oxygen atoms in total. The molecule has 0 aliphatic carbocycles. The summed E-state index contributed by atoms with van der Waals surface area (Å²) >= 11 is 0. The Morgan fingerprint density at radius 2 is 1.77 bits per heavy atom. The monoisotopic (exact) mass is 480 g/mol. The standard InChI is InChI=1S/C26H28N2O7/c1-26(2,3)35-25(31)27-22(24(30)34-17-19-8-5-4-6-9-19)16-20(23(27)29)11-7-10-18-12-14-21(15-13-18)28(32)33/h4-10,12-15,20,22H,11,16-17H2,1-3H3/b10-7+/t20-,22+/m1/s1. The molecule has 0 saturated carbocycles. The average molecular weight is 481 g/mol. The number of rotatable bonds is 7. The number of allylic oxidation sites excluding steroid dienone is 1. The van der Waals surface area contributed by atoms with Gasteiger partial charge in [0.2, 0.25) is 5.91 Å². The molecule has 1 aliphatic heterocycles. The number of nitrogens with zero attached hydrogens (tertiary/aromatic N) is 2. The lowest BCUT2D eigenvalue weighted by molar-refractivity contribution is -0.384. The lowest BCUT2D eigenvalue weighted by atomic mass is 10.0. The highest BCUT2D eigenvalue weighted by Crippen LogP contribution is 2.31. The van der Waals surface area contributed by atoms with E-state index in [4.69, 9.17) is 9.47 Å². The van der Waals surface area contributed by atoms with Crippen molar-refractivity contribution in [3.63, 3.8) is 0 Å². The van der Waals surface area contributed by atoms with E-state index in [0.29, 0.717) is 0 Å². The van der Waals surface area contributed by atoms with E-state index >= 15 is 0 Å². The number of esters is 1. The van der Waals surface area contributed by atoms with Crippen molar-refractivity contribution in [3.8, 4) is 0 Å². The number of nitro groups is 1. The van der Waals surface area contributed by atoms with E-state index in [1.807, 2.05) is 30.3 Å². The van der Waals surface area contributed by atoms with Gasteiger partial charge in [-0.2, -0.15) is 0 Å². The van der Waals surface area contributed by atoms with Gasteiger partial charge >= 0.3 is 12.1 Å². The van der Waals surface area contributed by atoms with Crippen LogP contribution in [0.5, 0.6) is 0 Å². The maximum atomic E-state index is 13.1. The van der Waals surface area contributed by atoms with Crippen molar-refractivity contribution >= 4 is 29.7 Å². The number of hydrogen-bond acceptors (Lipinski definition) is 7. The number of ether oxygens (including phenoxy) is 2. The molecule has 2 aromatic rings. The molecule has 0 spiro atoms. The number of hydrogen-bond donors (Lipinski definition) is 0. The first-order valence-corrected chi connectivity index (χ1v) is 11.2. The third-order valence-electron chi connectivity index (χ3n) is 5.33. The number of likely N-dealkylation sites (tertiary alicyclic amines) is 1. The van der Waals surface area contributed by atoms with E-state index in [9.17, 15) is 24.5 Å². The van der Waals surface area contributed by atoms with Gasteiger partial charge in [-0.15, -0.1) is 0 Å². The lowest BCUT2D eigenvalue weighted by Gasteiger charge is -2.26.